The van der Waals surface area contributed by atoms with Crippen LogP contribution in [0.5, 0.6) is 11.5 Å². The molecule has 1 amide bonds. The lowest BCUT2D eigenvalue weighted by molar-refractivity contribution is -0.872. The first kappa shape index (κ1) is 19.3. The van der Waals surface area contributed by atoms with Crippen LogP contribution in [0.4, 0.5) is 0 Å². The Morgan fingerprint density at radius 2 is 1.93 bits per heavy atom. The summed E-state index contributed by atoms with van der Waals surface area (Å²) in [7, 11) is 4.22. The van der Waals surface area contributed by atoms with Gasteiger partial charge in [0.2, 0.25) is 5.91 Å². The second-order valence-electron chi connectivity index (χ2n) is 6.73. The minimum absolute atomic E-state index is 0.159. The molecule has 2 aromatic carbocycles. The highest BCUT2D eigenvalue weighted by Gasteiger charge is 2.16. The molecule has 0 radical (unpaired) electrons. The van der Waals surface area contributed by atoms with Crippen molar-refractivity contribution in [3.05, 3.63) is 64.2 Å². The number of amides is 1. The quantitative estimate of drug-likeness (QED) is 0.746. The van der Waals surface area contributed by atoms with E-state index in [0.29, 0.717) is 36.3 Å². The molecule has 5 nitrogen and oxygen atoms in total. The number of halogens is 1. The van der Waals surface area contributed by atoms with Gasteiger partial charge < -0.3 is 19.7 Å². The molecule has 142 valence electrons. The van der Waals surface area contributed by atoms with Gasteiger partial charge in [-0.15, -0.1) is 0 Å². The molecule has 0 saturated heterocycles. The van der Waals surface area contributed by atoms with Crippen LogP contribution in [0.15, 0.2) is 42.5 Å². The summed E-state index contributed by atoms with van der Waals surface area (Å²) in [6.07, 6.45) is 3.22. The number of fused-ring (bicyclic) bond motifs is 1. The van der Waals surface area contributed by atoms with Gasteiger partial charge in [-0.2, -0.15) is 0 Å². The Kier molecular flexibility index (Phi) is 6.37. The van der Waals surface area contributed by atoms with E-state index in [1.54, 1.807) is 12.1 Å². The molecule has 0 aliphatic carbocycles. The van der Waals surface area contributed by atoms with Crippen molar-refractivity contribution in [2.45, 2.75) is 13.1 Å². The second-order valence-corrected chi connectivity index (χ2v) is 7.14. The summed E-state index contributed by atoms with van der Waals surface area (Å²) in [5, 5.41) is 3.41. The lowest BCUT2D eigenvalue weighted by Gasteiger charge is -2.19. The molecule has 27 heavy (non-hydrogen) atoms. The van der Waals surface area contributed by atoms with E-state index >= 15 is 0 Å². The molecule has 3 rings (SSSR count). The largest absolute Gasteiger partial charge is 0.486 e. The minimum Gasteiger partial charge on any atom is -0.486 e. The molecule has 0 spiro atoms. The number of nitrogens with one attached hydrogen (secondary N) is 2. The van der Waals surface area contributed by atoms with Gasteiger partial charge in [0, 0.05) is 18.2 Å². The molecule has 2 N–H and O–H groups in total. The highest BCUT2D eigenvalue weighted by molar-refractivity contribution is 6.32. The Hall–Kier alpha value is -2.50. The van der Waals surface area contributed by atoms with Crippen molar-refractivity contribution in [3.63, 3.8) is 0 Å². The molecule has 0 saturated carbocycles. The fourth-order valence-electron chi connectivity index (χ4n) is 2.92. The molecule has 1 aliphatic heterocycles. The number of rotatable bonds is 6. The zero-order valence-electron chi connectivity index (χ0n) is 15.5. The zero-order valence-corrected chi connectivity index (χ0v) is 16.3. The minimum atomic E-state index is -0.159. The van der Waals surface area contributed by atoms with E-state index in [0.717, 1.165) is 17.7 Å². The molecule has 1 heterocycles. The normalized spacial score (nSPS) is 13.2. The Bertz CT molecular complexity index is 849. The van der Waals surface area contributed by atoms with Gasteiger partial charge >= 0.3 is 0 Å². The summed E-state index contributed by atoms with van der Waals surface area (Å²) in [4.78, 5) is 13.5. The van der Waals surface area contributed by atoms with E-state index in [4.69, 9.17) is 21.1 Å². The lowest BCUT2D eigenvalue weighted by Crippen LogP contribution is -3.04. The topological polar surface area (TPSA) is 52.0 Å². The molecular formula is C21H24ClN2O3+. The van der Waals surface area contributed by atoms with Crippen molar-refractivity contribution in [2.24, 2.45) is 0 Å². The van der Waals surface area contributed by atoms with E-state index in [1.165, 1.54) is 16.5 Å². The van der Waals surface area contributed by atoms with E-state index in [-0.39, 0.29) is 5.91 Å². The second kappa shape index (κ2) is 8.93. The third-order valence-corrected chi connectivity index (χ3v) is 4.44. The Balaban J connectivity index is 1.62. The highest BCUT2D eigenvalue weighted by Crippen LogP contribution is 2.38. The van der Waals surface area contributed by atoms with Gasteiger partial charge in [-0.05, 0) is 29.3 Å². The van der Waals surface area contributed by atoms with Crippen LogP contribution in [0.3, 0.4) is 0 Å². The maximum atomic E-state index is 12.2. The molecule has 2 aromatic rings. The van der Waals surface area contributed by atoms with Crippen LogP contribution in [-0.2, 0) is 17.9 Å². The van der Waals surface area contributed by atoms with Crippen molar-refractivity contribution in [3.8, 4) is 11.5 Å². The summed E-state index contributed by atoms with van der Waals surface area (Å²) in [6, 6.07) is 11.7. The number of quaternary nitrogens is 1. The van der Waals surface area contributed by atoms with Gasteiger partial charge in [-0.25, -0.2) is 0 Å². The van der Waals surface area contributed by atoms with Gasteiger partial charge in [-0.3, -0.25) is 4.79 Å². The maximum absolute atomic E-state index is 12.2. The molecule has 6 heteroatoms. The average Bonchev–Trinajstić information content (AvgIpc) is 2.65. The van der Waals surface area contributed by atoms with Crippen LogP contribution in [0.2, 0.25) is 5.02 Å². The summed E-state index contributed by atoms with van der Waals surface area (Å²) >= 11 is 6.22. The standard InChI is InChI=1S/C21H23ClN2O3/c1-24(2)14-17-6-4-3-5-16(17)13-23-20(25)8-7-15-11-18(22)21-19(12-15)26-9-10-27-21/h3-8,11-12H,9-10,13-14H2,1-2H3,(H,23,25)/p+1/b8-7+. The SMILES string of the molecule is C[NH+](C)Cc1ccccc1CNC(=O)/C=C/c1cc(Cl)c2c(c1)OCCO2. The van der Waals surface area contributed by atoms with Crippen molar-refractivity contribution >= 4 is 23.6 Å². The number of benzene rings is 2. The van der Waals surface area contributed by atoms with Crippen LogP contribution in [-0.4, -0.2) is 33.2 Å². The van der Waals surface area contributed by atoms with Crippen molar-refractivity contribution < 1.29 is 19.2 Å². The number of hydrogen-bond donors (Lipinski definition) is 2. The monoisotopic (exact) mass is 387 g/mol. The molecule has 0 fully saturated rings. The fourth-order valence-corrected chi connectivity index (χ4v) is 3.20. The molecular weight excluding hydrogens is 364 g/mol. The first-order valence-corrected chi connectivity index (χ1v) is 9.31. The van der Waals surface area contributed by atoms with Crippen LogP contribution >= 0.6 is 11.6 Å². The van der Waals surface area contributed by atoms with Gasteiger partial charge in [0.25, 0.3) is 0 Å². The number of carbonyl (C=O) groups excluding carboxylic acids is 1. The predicted octanol–water partition coefficient (Wildman–Crippen LogP) is 2.09. The van der Waals surface area contributed by atoms with Crippen molar-refractivity contribution in [1.82, 2.24) is 5.32 Å². The Morgan fingerprint density at radius 3 is 2.70 bits per heavy atom. The number of hydrogen-bond acceptors (Lipinski definition) is 3. The van der Waals surface area contributed by atoms with Gasteiger partial charge in [0.05, 0.1) is 19.1 Å². The lowest BCUT2D eigenvalue weighted by atomic mass is 10.1. The maximum Gasteiger partial charge on any atom is 0.244 e. The van der Waals surface area contributed by atoms with E-state index in [1.807, 2.05) is 24.3 Å². The smallest absolute Gasteiger partial charge is 0.244 e. The van der Waals surface area contributed by atoms with Crippen LogP contribution in [0.25, 0.3) is 6.08 Å². The van der Waals surface area contributed by atoms with E-state index in [9.17, 15) is 4.79 Å². The third kappa shape index (κ3) is 5.25. The first-order valence-electron chi connectivity index (χ1n) is 8.94. The molecule has 0 unspecified atom stereocenters. The Labute approximate surface area is 164 Å². The van der Waals surface area contributed by atoms with Gasteiger partial charge in [0.1, 0.15) is 19.8 Å². The number of carbonyl (C=O) groups is 1. The van der Waals surface area contributed by atoms with Crippen molar-refractivity contribution in [1.29, 1.82) is 0 Å². The van der Waals surface area contributed by atoms with Crippen LogP contribution < -0.4 is 19.7 Å². The molecule has 0 atom stereocenters. The third-order valence-electron chi connectivity index (χ3n) is 4.16. The molecule has 1 aliphatic rings. The Morgan fingerprint density at radius 1 is 1.19 bits per heavy atom. The van der Waals surface area contributed by atoms with Crippen LogP contribution in [0.1, 0.15) is 16.7 Å². The summed E-state index contributed by atoms with van der Waals surface area (Å²) < 4.78 is 11.1. The summed E-state index contributed by atoms with van der Waals surface area (Å²) in [5.74, 6) is 1.01. The van der Waals surface area contributed by atoms with Crippen LogP contribution in [0, 0.1) is 0 Å². The molecule has 0 aromatic heterocycles. The summed E-state index contributed by atoms with van der Waals surface area (Å²) in [5.41, 5.74) is 3.15. The van der Waals surface area contributed by atoms with Crippen molar-refractivity contribution in [2.75, 3.05) is 27.3 Å². The van der Waals surface area contributed by atoms with E-state index < -0.39 is 0 Å². The number of ether oxygens (including phenoxy) is 2. The summed E-state index contributed by atoms with van der Waals surface area (Å²) in [6.45, 7) is 2.39. The van der Waals surface area contributed by atoms with Gasteiger partial charge in [-0.1, -0.05) is 35.9 Å². The average molecular weight is 388 g/mol. The zero-order chi connectivity index (χ0) is 19.2. The van der Waals surface area contributed by atoms with E-state index in [2.05, 4.69) is 25.5 Å². The fraction of sp³-hybridized carbons (Fsp3) is 0.286. The molecule has 0 bridgehead atoms. The van der Waals surface area contributed by atoms with Gasteiger partial charge in [0.15, 0.2) is 11.5 Å². The first-order chi connectivity index (χ1) is 13.0. The predicted molar refractivity (Wildman–Crippen MR) is 106 cm³/mol. The highest BCUT2D eigenvalue weighted by atomic mass is 35.5.